The van der Waals surface area contributed by atoms with Crippen LogP contribution >= 0.6 is 15.9 Å². The first-order chi connectivity index (χ1) is 14.4. The number of amides is 1. The predicted molar refractivity (Wildman–Crippen MR) is 114 cm³/mol. The van der Waals surface area contributed by atoms with Gasteiger partial charge in [0.1, 0.15) is 12.2 Å². The Morgan fingerprint density at radius 2 is 1.74 bits per heavy atom. The van der Waals surface area contributed by atoms with Crippen molar-refractivity contribution in [3.8, 4) is 0 Å². The number of hydrogen-bond acceptors (Lipinski definition) is 5. The molecule has 0 spiro atoms. The van der Waals surface area contributed by atoms with Crippen molar-refractivity contribution < 1.29 is 32.6 Å². The quantitative estimate of drug-likeness (QED) is 0.329. The maximum Gasteiger partial charge on any atom is 0.408 e. The largest absolute Gasteiger partial charge is 0.459 e. The summed E-state index contributed by atoms with van der Waals surface area (Å²) in [6.07, 6.45) is -1.56. The molecule has 1 aliphatic carbocycles. The SMILES string of the molecule is CC(C)(C)OC(=O)C(Br)C(=O)C(NC(=O)OCc1ccccc1)C1CCC(F)(F)CC1. The maximum atomic E-state index is 13.6. The van der Waals surface area contributed by atoms with Crippen molar-refractivity contribution in [3.05, 3.63) is 35.9 Å². The summed E-state index contributed by atoms with van der Waals surface area (Å²) in [5, 5.41) is 2.49. The molecule has 0 saturated heterocycles. The summed E-state index contributed by atoms with van der Waals surface area (Å²) in [6, 6.07) is 7.80. The van der Waals surface area contributed by atoms with Crippen LogP contribution < -0.4 is 5.32 Å². The van der Waals surface area contributed by atoms with Crippen molar-refractivity contribution in [2.24, 2.45) is 5.92 Å². The summed E-state index contributed by atoms with van der Waals surface area (Å²) in [6.45, 7) is 4.97. The molecule has 1 N–H and O–H groups in total. The molecule has 1 amide bonds. The molecule has 1 aromatic rings. The zero-order chi connectivity index (χ0) is 23.2. The van der Waals surface area contributed by atoms with Crippen LogP contribution in [0, 0.1) is 5.92 Å². The van der Waals surface area contributed by atoms with Crippen LogP contribution in [0.5, 0.6) is 0 Å². The topological polar surface area (TPSA) is 81.7 Å². The fraction of sp³-hybridized carbons (Fsp3) is 0.591. The molecule has 2 atom stereocenters. The predicted octanol–water partition coefficient (Wildman–Crippen LogP) is 4.78. The Morgan fingerprint density at radius 1 is 1.16 bits per heavy atom. The third kappa shape index (κ3) is 8.20. The van der Waals surface area contributed by atoms with Crippen LogP contribution in [0.3, 0.4) is 0 Å². The number of ether oxygens (including phenoxy) is 2. The molecule has 2 rings (SSSR count). The van der Waals surface area contributed by atoms with Crippen molar-refractivity contribution >= 4 is 33.8 Å². The van der Waals surface area contributed by atoms with E-state index in [-0.39, 0.29) is 32.3 Å². The lowest BCUT2D eigenvalue weighted by molar-refractivity contribution is -0.155. The van der Waals surface area contributed by atoms with E-state index in [1.54, 1.807) is 45.0 Å². The van der Waals surface area contributed by atoms with Gasteiger partial charge in [-0.15, -0.1) is 0 Å². The molecule has 172 valence electrons. The smallest absolute Gasteiger partial charge is 0.408 e. The highest BCUT2D eigenvalue weighted by molar-refractivity contribution is 9.10. The van der Waals surface area contributed by atoms with Crippen LogP contribution in [0.1, 0.15) is 52.0 Å². The normalized spacial score (nSPS) is 18.5. The number of rotatable bonds is 7. The summed E-state index contributed by atoms with van der Waals surface area (Å²) >= 11 is 3.05. The van der Waals surface area contributed by atoms with Gasteiger partial charge in [-0.1, -0.05) is 46.3 Å². The summed E-state index contributed by atoms with van der Waals surface area (Å²) in [7, 11) is 0. The van der Waals surface area contributed by atoms with E-state index in [1.165, 1.54) is 0 Å². The number of nitrogens with one attached hydrogen (secondary N) is 1. The van der Waals surface area contributed by atoms with Crippen LogP contribution in [0.4, 0.5) is 13.6 Å². The number of benzene rings is 1. The molecule has 1 saturated carbocycles. The Hall–Kier alpha value is -2.03. The number of halogens is 3. The second-order valence-corrected chi connectivity index (χ2v) is 9.59. The van der Waals surface area contributed by atoms with Gasteiger partial charge in [-0.3, -0.25) is 9.59 Å². The second kappa shape index (κ2) is 10.5. The highest BCUT2D eigenvalue weighted by Crippen LogP contribution is 2.38. The van der Waals surface area contributed by atoms with Crippen molar-refractivity contribution in [1.29, 1.82) is 0 Å². The molecule has 0 aliphatic heterocycles. The fourth-order valence-corrected chi connectivity index (χ4v) is 3.71. The first kappa shape index (κ1) is 25.2. The first-order valence-electron chi connectivity index (χ1n) is 10.1. The molecule has 0 radical (unpaired) electrons. The van der Waals surface area contributed by atoms with Gasteiger partial charge in [0.05, 0.1) is 6.04 Å². The summed E-state index contributed by atoms with van der Waals surface area (Å²) in [5.74, 6) is -4.79. The van der Waals surface area contributed by atoms with Crippen molar-refractivity contribution in [2.75, 3.05) is 0 Å². The minimum absolute atomic E-state index is 0.0138. The van der Waals surface area contributed by atoms with Gasteiger partial charge in [0.25, 0.3) is 0 Å². The van der Waals surface area contributed by atoms with Crippen LogP contribution in [-0.4, -0.2) is 40.2 Å². The van der Waals surface area contributed by atoms with Gasteiger partial charge in [0, 0.05) is 12.8 Å². The zero-order valence-corrected chi connectivity index (χ0v) is 19.4. The lowest BCUT2D eigenvalue weighted by Crippen LogP contribution is -2.52. The lowest BCUT2D eigenvalue weighted by atomic mass is 9.80. The first-order valence-corrected chi connectivity index (χ1v) is 11.1. The molecular formula is C22H28BrF2NO5. The Kier molecular flexibility index (Phi) is 8.57. The molecule has 1 fully saturated rings. The fourth-order valence-electron chi connectivity index (χ4n) is 3.34. The standard InChI is InChI=1S/C22H28BrF2NO5/c1-21(2,3)31-19(28)16(23)18(27)17(15-9-11-22(24,25)12-10-15)26-20(29)30-13-14-7-5-4-6-8-14/h4-8,15-17H,9-13H2,1-3H3,(H,26,29). The summed E-state index contributed by atoms with van der Waals surface area (Å²) < 4.78 is 37.6. The van der Waals surface area contributed by atoms with Gasteiger partial charge in [0.2, 0.25) is 5.92 Å². The molecule has 0 bridgehead atoms. The van der Waals surface area contributed by atoms with Gasteiger partial charge in [-0.25, -0.2) is 13.6 Å². The van der Waals surface area contributed by atoms with Crippen molar-refractivity contribution in [1.82, 2.24) is 5.32 Å². The van der Waals surface area contributed by atoms with E-state index in [1.807, 2.05) is 6.07 Å². The number of esters is 1. The highest BCUT2D eigenvalue weighted by atomic mass is 79.9. The molecule has 1 aliphatic rings. The summed E-state index contributed by atoms with van der Waals surface area (Å²) in [4.78, 5) is 36.4. The van der Waals surface area contributed by atoms with Crippen LogP contribution in [-0.2, 0) is 25.7 Å². The zero-order valence-electron chi connectivity index (χ0n) is 17.8. The number of ketones is 1. The van der Waals surface area contributed by atoms with Crippen LogP contribution in [0.25, 0.3) is 0 Å². The number of alkyl carbamates (subject to hydrolysis) is 1. The Labute approximate surface area is 189 Å². The van der Waals surface area contributed by atoms with E-state index in [0.717, 1.165) is 5.56 Å². The van der Waals surface area contributed by atoms with E-state index in [0.29, 0.717) is 0 Å². The number of Topliss-reactive ketones (excluding diaryl/α,β-unsaturated/α-hetero) is 1. The number of hydrogen-bond donors (Lipinski definition) is 1. The molecular weight excluding hydrogens is 476 g/mol. The molecule has 0 heterocycles. The average Bonchev–Trinajstić information content (AvgIpc) is 2.69. The minimum Gasteiger partial charge on any atom is -0.459 e. The Bertz CT molecular complexity index is 772. The van der Waals surface area contributed by atoms with E-state index < -0.39 is 46.2 Å². The van der Waals surface area contributed by atoms with Gasteiger partial charge in [0.15, 0.2) is 10.6 Å². The molecule has 2 unspecified atom stereocenters. The lowest BCUT2D eigenvalue weighted by Gasteiger charge is -2.34. The molecule has 1 aromatic carbocycles. The van der Waals surface area contributed by atoms with Gasteiger partial charge >= 0.3 is 12.1 Å². The third-order valence-corrected chi connectivity index (χ3v) is 5.71. The number of alkyl halides is 3. The molecule has 9 heteroatoms. The van der Waals surface area contributed by atoms with E-state index in [9.17, 15) is 23.2 Å². The van der Waals surface area contributed by atoms with Gasteiger partial charge < -0.3 is 14.8 Å². The third-order valence-electron chi connectivity index (χ3n) is 4.89. The van der Waals surface area contributed by atoms with Gasteiger partial charge in [-0.05, 0) is 45.1 Å². The second-order valence-electron chi connectivity index (χ2n) is 8.68. The highest BCUT2D eigenvalue weighted by Gasteiger charge is 2.43. The maximum absolute atomic E-state index is 13.6. The number of carbonyl (C=O) groups excluding carboxylic acids is 3. The van der Waals surface area contributed by atoms with E-state index >= 15 is 0 Å². The number of carbonyl (C=O) groups is 3. The minimum atomic E-state index is -2.79. The average molecular weight is 504 g/mol. The van der Waals surface area contributed by atoms with Crippen LogP contribution in [0.15, 0.2) is 30.3 Å². The Balaban J connectivity index is 2.09. The Morgan fingerprint density at radius 3 is 2.29 bits per heavy atom. The van der Waals surface area contributed by atoms with Crippen molar-refractivity contribution in [3.63, 3.8) is 0 Å². The summed E-state index contributed by atoms with van der Waals surface area (Å²) in [5.41, 5.74) is -0.0571. The van der Waals surface area contributed by atoms with E-state index in [2.05, 4.69) is 21.2 Å². The van der Waals surface area contributed by atoms with Crippen molar-refractivity contribution in [2.45, 2.75) is 75.5 Å². The molecule has 31 heavy (non-hydrogen) atoms. The van der Waals surface area contributed by atoms with Crippen LogP contribution in [0.2, 0.25) is 0 Å². The molecule has 0 aromatic heterocycles. The molecule has 6 nitrogen and oxygen atoms in total. The van der Waals surface area contributed by atoms with Gasteiger partial charge in [-0.2, -0.15) is 0 Å². The monoisotopic (exact) mass is 503 g/mol. The van der Waals surface area contributed by atoms with E-state index in [4.69, 9.17) is 9.47 Å².